The molecule has 96 valence electrons. The number of nitrogen functional groups attached to an aromatic ring is 1. The van der Waals surface area contributed by atoms with Crippen molar-refractivity contribution in [1.82, 2.24) is 10.2 Å². The maximum absolute atomic E-state index is 6.08. The molecule has 3 aromatic rings. The molecule has 0 saturated heterocycles. The summed E-state index contributed by atoms with van der Waals surface area (Å²) in [6.07, 6.45) is 1.77. The topological polar surface area (TPSA) is 66.7 Å². The highest BCUT2D eigenvalue weighted by Gasteiger charge is 2.06. The SMILES string of the molecule is Cc1cccc(Nc2cc3[nH]ncc3cc2N)c1C. The number of rotatable bonds is 2. The molecule has 0 unspecified atom stereocenters. The lowest BCUT2D eigenvalue weighted by molar-refractivity contribution is 1.12. The summed E-state index contributed by atoms with van der Waals surface area (Å²) in [7, 11) is 0. The molecule has 3 rings (SSSR count). The van der Waals surface area contributed by atoms with Crippen LogP contribution in [0.5, 0.6) is 0 Å². The minimum Gasteiger partial charge on any atom is -0.397 e. The van der Waals surface area contributed by atoms with E-state index in [1.807, 2.05) is 18.2 Å². The molecular weight excluding hydrogens is 236 g/mol. The van der Waals surface area contributed by atoms with E-state index in [9.17, 15) is 0 Å². The number of H-pyrrole nitrogens is 1. The molecule has 2 aromatic carbocycles. The Morgan fingerprint density at radius 2 is 2.00 bits per heavy atom. The predicted octanol–water partition coefficient (Wildman–Crippen LogP) is 3.51. The zero-order valence-electron chi connectivity index (χ0n) is 11.0. The fourth-order valence-corrected chi connectivity index (χ4v) is 2.15. The molecule has 19 heavy (non-hydrogen) atoms. The predicted molar refractivity (Wildman–Crippen MR) is 79.7 cm³/mol. The highest BCUT2D eigenvalue weighted by atomic mass is 15.1. The lowest BCUT2D eigenvalue weighted by Crippen LogP contribution is -1.98. The summed E-state index contributed by atoms with van der Waals surface area (Å²) in [6.45, 7) is 4.20. The number of anilines is 3. The summed E-state index contributed by atoms with van der Waals surface area (Å²) in [5.74, 6) is 0. The van der Waals surface area contributed by atoms with Crippen LogP contribution in [0, 0.1) is 13.8 Å². The molecule has 0 fully saturated rings. The molecule has 0 bridgehead atoms. The molecule has 1 heterocycles. The number of nitrogens with one attached hydrogen (secondary N) is 2. The molecule has 4 N–H and O–H groups in total. The van der Waals surface area contributed by atoms with E-state index in [1.165, 1.54) is 11.1 Å². The third-order valence-electron chi connectivity index (χ3n) is 3.48. The number of hydrogen-bond acceptors (Lipinski definition) is 3. The van der Waals surface area contributed by atoms with Crippen LogP contribution < -0.4 is 11.1 Å². The summed E-state index contributed by atoms with van der Waals surface area (Å²) in [5, 5.41) is 11.4. The Labute approximate surface area is 111 Å². The summed E-state index contributed by atoms with van der Waals surface area (Å²) >= 11 is 0. The normalized spacial score (nSPS) is 10.8. The van der Waals surface area contributed by atoms with Crippen molar-refractivity contribution < 1.29 is 0 Å². The van der Waals surface area contributed by atoms with Crippen LogP contribution in [0.4, 0.5) is 17.1 Å². The average molecular weight is 252 g/mol. The average Bonchev–Trinajstić information content (AvgIpc) is 2.82. The van der Waals surface area contributed by atoms with E-state index in [0.29, 0.717) is 0 Å². The number of nitrogens with two attached hydrogens (primary N) is 1. The van der Waals surface area contributed by atoms with Gasteiger partial charge in [0.05, 0.1) is 23.1 Å². The Morgan fingerprint density at radius 3 is 2.84 bits per heavy atom. The number of fused-ring (bicyclic) bond motifs is 1. The number of aromatic nitrogens is 2. The van der Waals surface area contributed by atoms with Gasteiger partial charge in [-0.3, -0.25) is 5.10 Å². The standard InChI is InChI=1S/C15H16N4/c1-9-4-3-5-13(10(9)2)18-15-7-14-11(6-12(15)16)8-17-19-14/h3-8,18H,16H2,1-2H3,(H,17,19). The molecule has 0 aliphatic rings. The van der Waals surface area contributed by atoms with Crippen molar-refractivity contribution in [1.29, 1.82) is 0 Å². The van der Waals surface area contributed by atoms with Crippen molar-refractivity contribution in [2.45, 2.75) is 13.8 Å². The molecule has 4 nitrogen and oxygen atoms in total. The molecule has 0 spiro atoms. The van der Waals surface area contributed by atoms with Crippen molar-refractivity contribution in [2.24, 2.45) is 0 Å². The van der Waals surface area contributed by atoms with Gasteiger partial charge >= 0.3 is 0 Å². The molecule has 0 aliphatic heterocycles. The first-order valence-electron chi connectivity index (χ1n) is 6.21. The van der Waals surface area contributed by atoms with Crippen LogP contribution in [0.2, 0.25) is 0 Å². The fraction of sp³-hybridized carbons (Fsp3) is 0.133. The number of aromatic amines is 1. The zero-order valence-corrected chi connectivity index (χ0v) is 11.0. The third-order valence-corrected chi connectivity index (χ3v) is 3.48. The van der Waals surface area contributed by atoms with Crippen molar-refractivity contribution in [2.75, 3.05) is 11.1 Å². The largest absolute Gasteiger partial charge is 0.397 e. The summed E-state index contributed by atoms with van der Waals surface area (Å²) in [6, 6.07) is 10.1. The summed E-state index contributed by atoms with van der Waals surface area (Å²) in [5.41, 5.74) is 12.2. The Morgan fingerprint density at radius 1 is 1.16 bits per heavy atom. The summed E-state index contributed by atoms with van der Waals surface area (Å²) < 4.78 is 0. The van der Waals surface area contributed by atoms with Gasteiger partial charge in [-0.15, -0.1) is 0 Å². The van der Waals surface area contributed by atoms with Gasteiger partial charge in [0.1, 0.15) is 0 Å². The number of aryl methyl sites for hydroxylation is 1. The first-order chi connectivity index (χ1) is 9.15. The molecule has 0 saturated carbocycles. The van der Waals surface area contributed by atoms with E-state index in [0.717, 1.165) is 28.0 Å². The first kappa shape index (κ1) is 11.6. The third kappa shape index (κ3) is 2.01. The van der Waals surface area contributed by atoms with Gasteiger partial charge in [0.2, 0.25) is 0 Å². The van der Waals surface area contributed by atoms with Gasteiger partial charge in [-0.2, -0.15) is 5.10 Å². The molecule has 0 amide bonds. The highest BCUT2D eigenvalue weighted by molar-refractivity contribution is 5.90. The number of nitrogens with zero attached hydrogens (tertiary/aromatic N) is 1. The lowest BCUT2D eigenvalue weighted by Gasteiger charge is -2.13. The molecule has 0 aliphatic carbocycles. The highest BCUT2D eigenvalue weighted by Crippen LogP contribution is 2.29. The fourth-order valence-electron chi connectivity index (χ4n) is 2.15. The minimum absolute atomic E-state index is 0.717. The van der Waals surface area contributed by atoms with E-state index >= 15 is 0 Å². The van der Waals surface area contributed by atoms with Crippen LogP contribution in [0.3, 0.4) is 0 Å². The van der Waals surface area contributed by atoms with Gasteiger partial charge in [-0.1, -0.05) is 12.1 Å². The van der Waals surface area contributed by atoms with Crippen LogP contribution in [0.1, 0.15) is 11.1 Å². The van der Waals surface area contributed by atoms with Gasteiger partial charge < -0.3 is 11.1 Å². The van der Waals surface area contributed by atoms with E-state index < -0.39 is 0 Å². The molecule has 4 heteroatoms. The Balaban J connectivity index is 2.05. The smallest absolute Gasteiger partial charge is 0.0672 e. The zero-order chi connectivity index (χ0) is 13.4. The summed E-state index contributed by atoms with van der Waals surface area (Å²) in [4.78, 5) is 0. The van der Waals surface area contributed by atoms with Crippen LogP contribution in [0.25, 0.3) is 10.9 Å². The Bertz CT molecular complexity index is 743. The van der Waals surface area contributed by atoms with Crippen molar-refractivity contribution in [3.63, 3.8) is 0 Å². The quantitative estimate of drug-likeness (QED) is 0.611. The van der Waals surface area contributed by atoms with Gasteiger partial charge in [0.15, 0.2) is 0 Å². The maximum Gasteiger partial charge on any atom is 0.0672 e. The second-order valence-corrected chi connectivity index (χ2v) is 4.77. The Kier molecular flexibility index (Phi) is 2.63. The first-order valence-corrected chi connectivity index (χ1v) is 6.21. The van der Waals surface area contributed by atoms with Crippen molar-refractivity contribution >= 4 is 28.0 Å². The van der Waals surface area contributed by atoms with Crippen LogP contribution in [-0.4, -0.2) is 10.2 Å². The van der Waals surface area contributed by atoms with Crippen molar-refractivity contribution in [3.8, 4) is 0 Å². The maximum atomic E-state index is 6.08. The number of hydrogen-bond donors (Lipinski definition) is 3. The second kappa shape index (κ2) is 4.31. The van der Waals surface area contributed by atoms with Gasteiger partial charge in [-0.05, 0) is 43.2 Å². The lowest BCUT2D eigenvalue weighted by atomic mass is 10.1. The van der Waals surface area contributed by atoms with Crippen LogP contribution in [0.15, 0.2) is 36.5 Å². The van der Waals surface area contributed by atoms with E-state index in [2.05, 4.69) is 41.5 Å². The Hall–Kier alpha value is -2.49. The molecule has 0 radical (unpaired) electrons. The van der Waals surface area contributed by atoms with Gasteiger partial charge in [-0.25, -0.2) is 0 Å². The second-order valence-electron chi connectivity index (χ2n) is 4.77. The van der Waals surface area contributed by atoms with E-state index in [4.69, 9.17) is 5.73 Å². The monoisotopic (exact) mass is 252 g/mol. The molecule has 1 aromatic heterocycles. The molecular formula is C15H16N4. The van der Waals surface area contributed by atoms with Gasteiger partial charge in [0, 0.05) is 11.1 Å². The van der Waals surface area contributed by atoms with E-state index in [-0.39, 0.29) is 0 Å². The molecule has 0 atom stereocenters. The van der Waals surface area contributed by atoms with Crippen LogP contribution in [-0.2, 0) is 0 Å². The minimum atomic E-state index is 0.717. The van der Waals surface area contributed by atoms with Crippen LogP contribution >= 0.6 is 0 Å². The van der Waals surface area contributed by atoms with Gasteiger partial charge in [0.25, 0.3) is 0 Å². The van der Waals surface area contributed by atoms with E-state index in [1.54, 1.807) is 6.20 Å². The number of benzene rings is 2. The van der Waals surface area contributed by atoms with Crippen molar-refractivity contribution in [3.05, 3.63) is 47.7 Å².